The summed E-state index contributed by atoms with van der Waals surface area (Å²) in [5, 5.41) is 16.1. The van der Waals surface area contributed by atoms with Crippen molar-refractivity contribution < 1.29 is 14.7 Å². The van der Waals surface area contributed by atoms with Gasteiger partial charge in [-0.3, -0.25) is 9.59 Å². The number of nitrogens with one attached hydrogen (secondary N) is 1. The smallest absolute Gasteiger partial charge is 0.266 e. The van der Waals surface area contributed by atoms with E-state index in [4.69, 9.17) is 0 Å². The van der Waals surface area contributed by atoms with E-state index in [-0.39, 0.29) is 23.8 Å². The summed E-state index contributed by atoms with van der Waals surface area (Å²) in [5.41, 5.74) is 1.58. The van der Waals surface area contributed by atoms with Crippen molar-refractivity contribution in [3.8, 4) is 5.75 Å². The van der Waals surface area contributed by atoms with E-state index >= 15 is 0 Å². The molecule has 2 N–H and O–H groups in total. The van der Waals surface area contributed by atoms with Crippen molar-refractivity contribution in [3.05, 3.63) is 47.3 Å². The van der Waals surface area contributed by atoms with Gasteiger partial charge in [0, 0.05) is 5.69 Å². The van der Waals surface area contributed by atoms with Crippen LogP contribution in [0.15, 0.2) is 30.3 Å². The van der Waals surface area contributed by atoms with Crippen molar-refractivity contribution in [3.63, 3.8) is 0 Å². The molecule has 0 bridgehead atoms. The molecule has 0 unspecified atom stereocenters. The molecule has 2 rings (SSSR count). The molecule has 1 amide bonds. The molecule has 1 heterocycles. The minimum atomic E-state index is -0.502. The number of hydrogen-bond donors (Lipinski definition) is 2. The summed E-state index contributed by atoms with van der Waals surface area (Å²) in [6.07, 6.45) is 0. The molecular formula is C14H15N3O3. The summed E-state index contributed by atoms with van der Waals surface area (Å²) in [6, 6.07) is 7.93. The molecule has 0 aliphatic rings. The Morgan fingerprint density at radius 2 is 2.00 bits per heavy atom. The third-order valence-corrected chi connectivity index (χ3v) is 2.79. The van der Waals surface area contributed by atoms with Crippen LogP contribution in [0.2, 0.25) is 0 Å². The Hall–Kier alpha value is -2.63. The standard InChI is InChI=1S/C14H15N3O3/c1-9-7-10(2)17(16-9)13(19)8-15-14(20)11-5-3-4-6-12(11)18/h3-7,18H,8H2,1-2H3,(H,15,20). The summed E-state index contributed by atoms with van der Waals surface area (Å²) >= 11 is 0. The van der Waals surface area contributed by atoms with Crippen LogP contribution in [0, 0.1) is 13.8 Å². The summed E-state index contributed by atoms with van der Waals surface area (Å²) in [5.74, 6) is -0.957. The molecular weight excluding hydrogens is 258 g/mol. The molecule has 0 aliphatic heterocycles. The Bertz CT molecular complexity index is 661. The third kappa shape index (κ3) is 2.85. The molecule has 6 heteroatoms. The molecule has 0 spiro atoms. The number of phenolic OH excluding ortho intramolecular Hbond substituents is 1. The van der Waals surface area contributed by atoms with Crippen molar-refractivity contribution in [2.24, 2.45) is 0 Å². The fraction of sp³-hybridized carbons (Fsp3) is 0.214. The Kier molecular flexibility index (Phi) is 3.84. The molecule has 6 nitrogen and oxygen atoms in total. The number of aromatic nitrogens is 2. The van der Waals surface area contributed by atoms with Gasteiger partial charge in [-0.05, 0) is 32.0 Å². The summed E-state index contributed by atoms with van der Waals surface area (Å²) in [4.78, 5) is 23.8. The van der Waals surface area contributed by atoms with E-state index in [1.54, 1.807) is 32.0 Å². The lowest BCUT2D eigenvalue weighted by Gasteiger charge is -2.07. The zero-order chi connectivity index (χ0) is 14.7. The van der Waals surface area contributed by atoms with Gasteiger partial charge in [-0.15, -0.1) is 0 Å². The molecule has 0 aliphatic carbocycles. The first-order valence-electron chi connectivity index (χ1n) is 6.11. The van der Waals surface area contributed by atoms with E-state index in [0.717, 1.165) is 5.69 Å². The van der Waals surface area contributed by atoms with Crippen molar-refractivity contribution in [1.29, 1.82) is 0 Å². The van der Waals surface area contributed by atoms with Crippen LogP contribution in [0.25, 0.3) is 0 Å². The van der Waals surface area contributed by atoms with Crippen LogP contribution in [0.4, 0.5) is 0 Å². The van der Waals surface area contributed by atoms with Crippen LogP contribution in [-0.2, 0) is 0 Å². The Morgan fingerprint density at radius 1 is 1.30 bits per heavy atom. The van der Waals surface area contributed by atoms with Crippen LogP contribution in [-0.4, -0.2) is 33.2 Å². The average molecular weight is 273 g/mol. The number of nitrogens with zero attached hydrogens (tertiary/aromatic N) is 2. The Morgan fingerprint density at radius 3 is 2.60 bits per heavy atom. The fourth-order valence-electron chi connectivity index (χ4n) is 1.87. The first kappa shape index (κ1) is 13.8. The zero-order valence-corrected chi connectivity index (χ0v) is 11.3. The number of carbonyl (C=O) groups excluding carboxylic acids is 2. The largest absolute Gasteiger partial charge is 0.507 e. The van der Waals surface area contributed by atoms with E-state index < -0.39 is 5.91 Å². The number of hydrogen-bond acceptors (Lipinski definition) is 4. The highest BCUT2D eigenvalue weighted by Crippen LogP contribution is 2.14. The number of rotatable bonds is 3. The molecule has 20 heavy (non-hydrogen) atoms. The second-order valence-electron chi connectivity index (χ2n) is 4.43. The second-order valence-corrected chi connectivity index (χ2v) is 4.43. The summed E-state index contributed by atoms with van der Waals surface area (Å²) in [6.45, 7) is 3.37. The van der Waals surface area contributed by atoms with E-state index in [1.807, 2.05) is 0 Å². The molecule has 2 aromatic rings. The lowest BCUT2D eigenvalue weighted by atomic mass is 10.2. The number of benzene rings is 1. The SMILES string of the molecule is Cc1cc(C)n(C(=O)CNC(=O)c2ccccc2O)n1. The number of aromatic hydroxyl groups is 1. The van der Waals surface area contributed by atoms with E-state index in [0.29, 0.717) is 5.69 Å². The first-order valence-corrected chi connectivity index (χ1v) is 6.11. The number of amides is 1. The maximum Gasteiger partial charge on any atom is 0.266 e. The van der Waals surface area contributed by atoms with Gasteiger partial charge in [0.1, 0.15) is 5.75 Å². The third-order valence-electron chi connectivity index (χ3n) is 2.79. The van der Waals surface area contributed by atoms with Crippen molar-refractivity contribution >= 4 is 11.8 Å². The van der Waals surface area contributed by atoms with Gasteiger partial charge in [-0.2, -0.15) is 5.10 Å². The quantitative estimate of drug-likeness (QED) is 0.882. The maximum absolute atomic E-state index is 11.9. The van der Waals surface area contributed by atoms with Crippen LogP contribution in [0.1, 0.15) is 26.5 Å². The normalized spacial score (nSPS) is 10.3. The fourth-order valence-corrected chi connectivity index (χ4v) is 1.87. The Labute approximate surface area is 116 Å². The van der Waals surface area contributed by atoms with E-state index in [9.17, 15) is 14.7 Å². The van der Waals surface area contributed by atoms with Crippen LogP contribution < -0.4 is 5.32 Å². The highest BCUT2D eigenvalue weighted by atomic mass is 16.3. The molecule has 0 saturated heterocycles. The van der Waals surface area contributed by atoms with Gasteiger partial charge in [0.15, 0.2) is 0 Å². The molecule has 1 aromatic heterocycles. The lowest BCUT2D eigenvalue weighted by molar-refractivity contribution is 0.0847. The van der Waals surface area contributed by atoms with Crippen molar-refractivity contribution in [2.75, 3.05) is 6.54 Å². The maximum atomic E-state index is 11.9. The second kappa shape index (κ2) is 5.56. The van der Waals surface area contributed by atoms with Crippen molar-refractivity contribution in [1.82, 2.24) is 15.1 Å². The molecule has 0 atom stereocenters. The molecule has 0 fully saturated rings. The van der Waals surface area contributed by atoms with Gasteiger partial charge in [0.05, 0.1) is 17.8 Å². The molecule has 104 valence electrons. The molecule has 0 saturated carbocycles. The molecule has 1 aromatic carbocycles. The summed E-state index contributed by atoms with van der Waals surface area (Å²) < 4.78 is 1.25. The Balaban J connectivity index is 2.02. The number of aryl methyl sites for hydroxylation is 2. The predicted molar refractivity (Wildman–Crippen MR) is 72.8 cm³/mol. The average Bonchev–Trinajstić information content (AvgIpc) is 2.75. The topological polar surface area (TPSA) is 84.2 Å². The van der Waals surface area contributed by atoms with Gasteiger partial charge in [0.2, 0.25) is 0 Å². The van der Waals surface area contributed by atoms with E-state index in [1.165, 1.54) is 16.8 Å². The van der Waals surface area contributed by atoms with Crippen LogP contribution >= 0.6 is 0 Å². The monoisotopic (exact) mass is 273 g/mol. The molecule has 0 radical (unpaired) electrons. The van der Waals surface area contributed by atoms with Gasteiger partial charge in [-0.1, -0.05) is 12.1 Å². The summed E-state index contributed by atoms with van der Waals surface area (Å²) in [7, 11) is 0. The number of para-hydroxylation sites is 1. The van der Waals surface area contributed by atoms with Crippen LogP contribution in [0.5, 0.6) is 5.75 Å². The highest BCUT2D eigenvalue weighted by Gasteiger charge is 2.14. The lowest BCUT2D eigenvalue weighted by Crippen LogP contribution is -2.33. The number of carbonyl (C=O) groups is 2. The number of phenols is 1. The van der Waals surface area contributed by atoms with Crippen molar-refractivity contribution in [2.45, 2.75) is 13.8 Å². The van der Waals surface area contributed by atoms with E-state index in [2.05, 4.69) is 10.4 Å². The minimum Gasteiger partial charge on any atom is -0.507 e. The van der Waals surface area contributed by atoms with Gasteiger partial charge in [-0.25, -0.2) is 4.68 Å². The first-order chi connectivity index (χ1) is 9.49. The highest BCUT2D eigenvalue weighted by molar-refractivity contribution is 5.98. The predicted octanol–water partition coefficient (Wildman–Crippen LogP) is 1.28. The van der Waals surface area contributed by atoms with Gasteiger partial charge < -0.3 is 10.4 Å². The minimum absolute atomic E-state index is 0.122. The van der Waals surface area contributed by atoms with Crippen LogP contribution in [0.3, 0.4) is 0 Å². The van der Waals surface area contributed by atoms with Gasteiger partial charge >= 0.3 is 0 Å². The zero-order valence-electron chi connectivity index (χ0n) is 11.3. The van der Waals surface area contributed by atoms with Gasteiger partial charge in [0.25, 0.3) is 11.8 Å².